The molecular weight excluding hydrogens is 863 g/mol. The van der Waals surface area contributed by atoms with E-state index in [0.29, 0.717) is 58.3 Å². The van der Waals surface area contributed by atoms with Crippen LogP contribution in [0.4, 0.5) is 0 Å². The van der Waals surface area contributed by atoms with Gasteiger partial charge in [0.1, 0.15) is 24.9 Å². The van der Waals surface area contributed by atoms with Crippen molar-refractivity contribution in [1.82, 2.24) is 30.1 Å². The van der Waals surface area contributed by atoms with Gasteiger partial charge in [-0.1, -0.05) is 77.3 Å². The molecule has 4 amide bonds. The average Bonchev–Trinajstić information content (AvgIpc) is 3.80. The first-order valence-corrected chi connectivity index (χ1v) is 24.0. The monoisotopic (exact) mass is 932 g/mol. The molecule has 6 bridgehead atoms. The molecule has 4 atom stereocenters. The van der Waals surface area contributed by atoms with E-state index < -0.39 is 46.9 Å². The first-order valence-electron chi connectivity index (χ1n) is 24.0. The number of aliphatic imine (C=N–C) groups is 1. The number of carbonyl (C=O) groups is 5. The van der Waals surface area contributed by atoms with E-state index >= 15 is 0 Å². The van der Waals surface area contributed by atoms with Crippen LogP contribution in [0.3, 0.4) is 0 Å². The normalized spacial score (nSPS) is 22.2. The van der Waals surface area contributed by atoms with Gasteiger partial charge in [-0.05, 0) is 86.4 Å². The minimum atomic E-state index is -1.15. The number of hydrazine groups is 1. The van der Waals surface area contributed by atoms with Crippen molar-refractivity contribution in [2.45, 2.75) is 123 Å². The van der Waals surface area contributed by atoms with Crippen molar-refractivity contribution in [3.8, 4) is 11.1 Å². The second-order valence-electron chi connectivity index (χ2n) is 19.6. The standard InChI is InChI=1S/C53H69N7O8/c1-11-38(45(54-13-3)34(7)66-10)47-40-30-52(8,9)31-67-50(64)41-19-16-24-60(56-41)49(63)42(28-35-17-15-18-36(27-35)37-20-21-43(39(40)29-37)58(47)14-4)55-48(62)46(33(5)6)59-32-68-53(51(59)65)22-25-57(26-23-53)44(61)12-2/h11-13,15,17-18,20-21,27,29,33-34,41-42,46,56H,1-2,14,16,19,22-26,28,30-32H2,3-10H3,(H,55,62)/b45-38+,54-13-/t34-,41-,42-,46-/m0/s1. The summed E-state index contributed by atoms with van der Waals surface area (Å²) < 4.78 is 20.5. The maximum Gasteiger partial charge on any atom is 0.324 e. The lowest BCUT2D eigenvalue weighted by molar-refractivity contribution is -0.155. The number of methoxy groups -OCH3 is 1. The molecule has 3 fully saturated rings. The minimum absolute atomic E-state index is 0.0973. The molecule has 7 rings (SSSR count). The molecule has 0 radical (unpaired) electrons. The topological polar surface area (TPSA) is 164 Å². The van der Waals surface area contributed by atoms with E-state index in [1.165, 1.54) is 16.0 Å². The molecule has 15 heteroatoms. The summed E-state index contributed by atoms with van der Waals surface area (Å²) in [6.07, 6.45) is 6.81. The summed E-state index contributed by atoms with van der Waals surface area (Å²) in [5.41, 5.74) is 8.85. The van der Waals surface area contributed by atoms with Crippen LogP contribution in [-0.4, -0.2) is 125 Å². The number of cyclic esters (lactones) is 1. The van der Waals surface area contributed by atoms with Crippen molar-refractivity contribution in [2.24, 2.45) is 16.3 Å². The Bertz CT molecular complexity index is 2510. The molecule has 3 aromatic rings. The Morgan fingerprint density at radius 3 is 2.43 bits per heavy atom. The van der Waals surface area contributed by atoms with Crippen molar-refractivity contribution < 1.29 is 38.2 Å². The molecule has 1 spiro atoms. The maximum atomic E-state index is 14.8. The highest BCUT2D eigenvalue weighted by molar-refractivity contribution is 5.97. The van der Waals surface area contributed by atoms with E-state index in [0.717, 1.165) is 50.1 Å². The third kappa shape index (κ3) is 9.97. The SMILES string of the molecule is C=CC(=O)N1CCC2(CC1)OCN([C@H](C(=O)N[C@H]1Cc3cccc(c3)-c3ccc4c(c3)c(c(/C(C=C)=C(/N=C\C)[C@H](C)OC)n4CC)CC(C)(C)COC(=O)[C@@H]3CCCN(N3)C1=O)C(C)C)C2=O. The largest absolute Gasteiger partial charge is 0.464 e. The molecular formula is C53H69N7O8. The van der Waals surface area contributed by atoms with Gasteiger partial charge in [-0.25, -0.2) is 5.43 Å². The number of esters is 1. The van der Waals surface area contributed by atoms with Crippen molar-refractivity contribution in [1.29, 1.82) is 0 Å². The van der Waals surface area contributed by atoms with Gasteiger partial charge < -0.3 is 33.9 Å². The van der Waals surface area contributed by atoms with Gasteiger partial charge in [-0.3, -0.25) is 34.0 Å². The average molecular weight is 932 g/mol. The Labute approximate surface area is 400 Å². The highest BCUT2D eigenvalue weighted by Gasteiger charge is 2.53. The van der Waals surface area contributed by atoms with E-state index in [4.69, 9.17) is 19.2 Å². The fourth-order valence-electron chi connectivity index (χ4n) is 10.3. The molecule has 2 N–H and O–H groups in total. The number of rotatable bonds is 11. The number of aromatic nitrogens is 1. The number of aryl methyl sites for hydroxylation is 1. The van der Waals surface area contributed by atoms with Crippen LogP contribution in [0.15, 0.2) is 78.5 Å². The summed E-state index contributed by atoms with van der Waals surface area (Å²) in [5.74, 6) is -2.22. The number of nitrogens with one attached hydrogen (secondary N) is 2. The molecule has 4 aliphatic heterocycles. The smallest absolute Gasteiger partial charge is 0.324 e. The Hall–Kier alpha value is -5.90. The van der Waals surface area contributed by atoms with E-state index in [1.54, 1.807) is 18.2 Å². The van der Waals surface area contributed by atoms with Gasteiger partial charge in [-0.2, -0.15) is 0 Å². The molecule has 1 aromatic heterocycles. The summed E-state index contributed by atoms with van der Waals surface area (Å²) in [6.45, 7) is 23.4. The molecule has 0 saturated carbocycles. The van der Waals surface area contributed by atoms with Crippen molar-refractivity contribution in [3.63, 3.8) is 0 Å². The molecule has 4 aliphatic rings. The number of piperidine rings is 1. The van der Waals surface area contributed by atoms with Crippen LogP contribution in [0.1, 0.15) is 91.0 Å². The van der Waals surface area contributed by atoms with Crippen LogP contribution in [-0.2, 0) is 57.6 Å². The number of carbonyl (C=O) groups excluding carboxylic acids is 5. The molecule has 0 unspecified atom stereocenters. The van der Waals surface area contributed by atoms with Crippen LogP contribution in [0.2, 0.25) is 0 Å². The van der Waals surface area contributed by atoms with Crippen LogP contribution in [0, 0.1) is 11.3 Å². The van der Waals surface area contributed by atoms with Crippen molar-refractivity contribution in [3.05, 3.63) is 90.3 Å². The zero-order chi connectivity index (χ0) is 49.1. The molecule has 15 nitrogen and oxygen atoms in total. The van der Waals surface area contributed by atoms with Gasteiger partial charge in [-0.15, -0.1) is 0 Å². The fourth-order valence-corrected chi connectivity index (χ4v) is 10.3. The fraction of sp³-hybridized carbons (Fsp3) is 0.509. The number of allylic oxidation sites excluding steroid dienone is 2. The van der Waals surface area contributed by atoms with Gasteiger partial charge in [0.2, 0.25) is 11.8 Å². The number of ether oxygens (including phenoxy) is 3. The van der Waals surface area contributed by atoms with Crippen molar-refractivity contribution in [2.75, 3.05) is 40.1 Å². The lowest BCUT2D eigenvalue weighted by atomic mass is 9.84. The van der Waals surface area contributed by atoms with Gasteiger partial charge in [0.25, 0.3) is 11.8 Å². The second kappa shape index (κ2) is 20.8. The number of likely N-dealkylation sites (tertiary alicyclic amines) is 1. The molecule has 0 aliphatic carbocycles. The van der Waals surface area contributed by atoms with E-state index in [2.05, 4.69) is 73.5 Å². The Morgan fingerprint density at radius 1 is 1.03 bits per heavy atom. The summed E-state index contributed by atoms with van der Waals surface area (Å²) in [7, 11) is 1.67. The van der Waals surface area contributed by atoms with Crippen molar-refractivity contribution >= 4 is 52.3 Å². The second-order valence-corrected chi connectivity index (χ2v) is 19.6. The zero-order valence-electron chi connectivity index (χ0n) is 41.1. The summed E-state index contributed by atoms with van der Waals surface area (Å²) >= 11 is 0. The third-order valence-electron chi connectivity index (χ3n) is 14.0. The zero-order valence-corrected chi connectivity index (χ0v) is 41.1. The molecule has 3 saturated heterocycles. The Balaban J connectivity index is 1.29. The van der Waals surface area contributed by atoms with Crippen LogP contribution in [0.25, 0.3) is 27.6 Å². The van der Waals surface area contributed by atoms with Gasteiger partial charge in [0.15, 0.2) is 5.60 Å². The third-order valence-corrected chi connectivity index (χ3v) is 14.0. The van der Waals surface area contributed by atoms with E-state index in [1.807, 2.05) is 52.0 Å². The van der Waals surface area contributed by atoms with Crippen LogP contribution >= 0.6 is 0 Å². The van der Waals surface area contributed by atoms with E-state index in [-0.39, 0.29) is 43.6 Å². The number of fused-ring (bicyclic) bond motifs is 6. The maximum absolute atomic E-state index is 14.8. The lowest BCUT2D eigenvalue weighted by Crippen LogP contribution is -2.62. The lowest BCUT2D eigenvalue weighted by Gasteiger charge is -2.38. The number of amides is 4. The summed E-state index contributed by atoms with van der Waals surface area (Å²) in [4.78, 5) is 77.9. The predicted octanol–water partition coefficient (Wildman–Crippen LogP) is 6.39. The molecule has 68 heavy (non-hydrogen) atoms. The van der Waals surface area contributed by atoms with Gasteiger partial charge >= 0.3 is 5.97 Å². The highest BCUT2D eigenvalue weighted by Crippen LogP contribution is 2.41. The summed E-state index contributed by atoms with van der Waals surface area (Å²) in [5, 5.41) is 5.54. The minimum Gasteiger partial charge on any atom is -0.464 e. The highest BCUT2D eigenvalue weighted by atomic mass is 16.5. The number of hydrogen-bond donors (Lipinski definition) is 2. The van der Waals surface area contributed by atoms with Gasteiger partial charge in [0, 0.05) is 80.7 Å². The Kier molecular flexibility index (Phi) is 15.3. The van der Waals surface area contributed by atoms with E-state index in [9.17, 15) is 24.0 Å². The van der Waals surface area contributed by atoms with Crippen LogP contribution < -0.4 is 10.7 Å². The quantitative estimate of drug-likeness (QED) is 0.0961. The first kappa shape index (κ1) is 50.0. The number of benzene rings is 2. The van der Waals surface area contributed by atoms with Crippen LogP contribution in [0.5, 0.6) is 0 Å². The summed E-state index contributed by atoms with van der Waals surface area (Å²) in [6, 6.07) is 11.6. The predicted molar refractivity (Wildman–Crippen MR) is 263 cm³/mol. The van der Waals surface area contributed by atoms with Gasteiger partial charge in [0.05, 0.1) is 24.1 Å². The Morgan fingerprint density at radius 2 is 1.76 bits per heavy atom. The number of hydrogen-bond acceptors (Lipinski definition) is 10. The molecule has 2 aromatic carbocycles. The molecule has 5 heterocycles. The number of nitrogens with zero attached hydrogens (tertiary/aromatic N) is 5. The first-order chi connectivity index (χ1) is 32.5. The molecule has 364 valence electrons.